The fourth-order valence-electron chi connectivity index (χ4n) is 4.58. The van der Waals surface area contributed by atoms with Gasteiger partial charge in [0.1, 0.15) is 18.3 Å². The smallest absolute Gasteiger partial charge is 0.385 e. The molecule has 5 atom stereocenters. The molecular formula is C32H35NO9S. The van der Waals surface area contributed by atoms with Gasteiger partial charge in [0.05, 0.1) is 38.8 Å². The van der Waals surface area contributed by atoms with Gasteiger partial charge in [0, 0.05) is 6.92 Å². The highest BCUT2D eigenvalue weighted by Gasteiger charge is 2.52. The lowest BCUT2D eigenvalue weighted by molar-refractivity contribution is -0.285. The van der Waals surface area contributed by atoms with Gasteiger partial charge in [-0.1, -0.05) is 103 Å². The lowest BCUT2D eigenvalue weighted by Crippen LogP contribution is -2.64. The number of rotatable bonds is 12. The van der Waals surface area contributed by atoms with Crippen molar-refractivity contribution in [1.29, 1.82) is 0 Å². The molecule has 43 heavy (non-hydrogen) atoms. The van der Waals surface area contributed by atoms with Crippen LogP contribution in [0.2, 0.25) is 0 Å². The van der Waals surface area contributed by atoms with Crippen molar-refractivity contribution in [2.24, 2.45) is 0 Å². The molecule has 0 saturated carbocycles. The van der Waals surface area contributed by atoms with Crippen LogP contribution in [-0.4, -0.2) is 70.8 Å². The summed E-state index contributed by atoms with van der Waals surface area (Å²) in [5.41, 5.74) is 2.68. The molecule has 11 heteroatoms. The second-order valence-corrected chi connectivity index (χ2v) is 11.0. The fraction of sp³-hybridized carbons (Fsp3) is 0.344. The van der Waals surface area contributed by atoms with E-state index in [0.29, 0.717) is 16.8 Å². The van der Waals surface area contributed by atoms with Crippen molar-refractivity contribution < 1.29 is 43.3 Å². The summed E-state index contributed by atoms with van der Waals surface area (Å²) in [5.74, 6) is -1.82. The summed E-state index contributed by atoms with van der Waals surface area (Å²) in [6.45, 7) is 1.75. The molecule has 1 saturated heterocycles. The number of amides is 1. The molecule has 10 nitrogen and oxygen atoms in total. The van der Waals surface area contributed by atoms with Gasteiger partial charge in [-0.15, -0.1) is 0 Å². The predicted molar refractivity (Wildman–Crippen MR) is 158 cm³/mol. The summed E-state index contributed by atoms with van der Waals surface area (Å²) < 4.78 is 29.7. The van der Waals surface area contributed by atoms with Gasteiger partial charge in [0.25, 0.3) is 5.12 Å². The van der Waals surface area contributed by atoms with Crippen LogP contribution in [0, 0.1) is 0 Å². The average Bonchev–Trinajstić information content (AvgIpc) is 3.04. The molecule has 0 radical (unpaired) electrons. The first kappa shape index (κ1) is 32.3. The second-order valence-electron chi connectivity index (χ2n) is 9.81. The lowest BCUT2D eigenvalue weighted by Gasteiger charge is -2.47. The van der Waals surface area contributed by atoms with Crippen LogP contribution in [-0.2, 0) is 57.9 Å². The molecule has 0 spiro atoms. The Kier molecular flexibility index (Phi) is 12.3. The van der Waals surface area contributed by atoms with Gasteiger partial charge in [0.15, 0.2) is 6.23 Å². The Hall–Kier alpha value is -3.58. The number of hydrogen-bond donors (Lipinski definition) is 1. The summed E-state index contributed by atoms with van der Waals surface area (Å²) >= 11 is 0.560. The van der Waals surface area contributed by atoms with Gasteiger partial charge in [-0.05, 0) is 16.7 Å². The van der Waals surface area contributed by atoms with Gasteiger partial charge in [0.2, 0.25) is 5.91 Å². The molecule has 1 fully saturated rings. The van der Waals surface area contributed by atoms with E-state index < -0.39 is 46.8 Å². The minimum Gasteiger partial charge on any atom is -0.463 e. The quantitative estimate of drug-likeness (QED) is 0.139. The Balaban J connectivity index is 1.68. The molecule has 4 rings (SSSR count). The van der Waals surface area contributed by atoms with Gasteiger partial charge in [-0.25, -0.2) is 4.79 Å². The monoisotopic (exact) mass is 609 g/mol. The molecule has 1 aliphatic heterocycles. The Morgan fingerprint density at radius 3 is 1.77 bits per heavy atom. The molecular weight excluding hydrogens is 574 g/mol. The molecule has 0 aromatic heterocycles. The number of ether oxygens (including phenoxy) is 5. The minimum absolute atomic E-state index is 0.0180. The third-order valence-electron chi connectivity index (χ3n) is 6.73. The zero-order valence-electron chi connectivity index (χ0n) is 23.9. The number of esters is 1. The molecule has 3 aromatic carbocycles. The molecule has 0 aliphatic carbocycles. The van der Waals surface area contributed by atoms with E-state index in [0.717, 1.165) is 30.7 Å². The van der Waals surface area contributed by atoms with E-state index in [1.165, 1.54) is 0 Å². The van der Waals surface area contributed by atoms with Crippen LogP contribution in [0.15, 0.2) is 91.0 Å². The van der Waals surface area contributed by atoms with Crippen molar-refractivity contribution in [3.05, 3.63) is 108 Å². The molecule has 3 aromatic rings. The Bertz CT molecular complexity index is 1310. The molecule has 1 amide bonds. The Morgan fingerprint density at radius 2 is 1.28 bits per heavy atom. The second kappa shape index (κ2) is 16.3. The number of benzene rings is 3. The summed E-state index contributed by atoms with van der Waals surface area (Å²) in [4.78, 5) is 37.3. The molecule has 1 aliphatic rings. The van der Waals surface area contributed by atoms with Crippen molar-refractivity contribution in [3.63, 3.8) is 0 Å². The number of carbonyl (C=O) groups excluding carboxylic acids is 3. The third kappa shape index (κ3) is 9.20. The standard InChI is InChI=1S/C32H35NO9S/c1-22(34)33(37)30-29(43-32(36)31(35)38-2)28(41-20-25-16-10-5-11-17-25)27(40-19-24-14-8-4-9-15-24)26(42-30)21-39-18-23-12-6-3-7-13-23/h3-17,26-30,37H,18-21H2,1-2H3/t26-,27-,28+,29-,30+/m1/s1. The van der Waals surface area contributed by atoms with Crippen molar-refractivity contribution in [1.82, 2.24) is 5.06 Å². The zero-order valence-corrected chi connectivity index (χ0v) is 24.8. The number of nitrogens with zero attached hydrogens (tertiary/aromatic N) is 1. The maximum absolute atomic E-state index is 12.8. The number of carbonyl (C=O) groups is 3. The van der Waals surface area contributed by atoms with Crippen LogP contribution < -0.4 is 0 Å². The van der Waals surface area contributed by atoms with E-state index in [2.05, 4.69) is 4.74 Å². The average molecular weight is 610 g/mol. The van der Waals surface area contributed by atoms with Gasteiger partial charge in [-0.3, -0.25) is 14.8 Å². The van der Waals surface area contributed by atoms with E-state index in [1.54, 1.807) is 0 Å². The van der Waals surface area contributed by atoms with Crippen molar-refractivity contribution in [3.8, 4) is 0 Å². The number of thioether (sulfide) groups is 1. The minimum atomic E-state index is -1.38. The first-order chi connectivity index (χ1) is 20.9. The van der Waals surface area contributed by atoms with Gasteiger partial charge < -0.3 is 23.7 Å². The van der Waals surface area contributed by atoms with E-state index in [4.69, 9.17) is 18.9 Å². The van der Waals surface area contributed by atoms with E-state index in [1.807, 2.05) is 91.0 Å². The fourth-order valence-corrected chi connectivity index (χ4v) is 5.67. The van der Waals surface area contributed by atoms with Crippen molar-refractivity contribution >= 4 is 28.8 Å². The third-order valence-corrected chi connectivity index (χ3v) is 7.89. The molecule has 228 valence electrons. The van der Waals surface area contributed by atoms with Crippen LogP contribution in [0.1, 0.15) is 23.6 Å². The molecule has 0 bridgehead atoms. The first-order valence-electron chi connectivity index (χ1n) is 13.7. The van der Waals surface area contributed by atoms with Crippen LogP contribution in [0.4, 0.5) is 0 Å². The van der Waals surface area contributed by atoms with Crippen molar-refractivity contribution in [2.75, 3.05) is 13.7 Å². The van der Waals surface area contributed by atoms with Gasteiger partial charge >= 0.3 is 5.97 Å². The van der Waals surface area contributed by atoms with E-state index >= 15 is 0 Å². The van der Waals surface area contributed by atoms with E-state index in [9.17, 15) is 19.6 Å². The highest BCUT2D eigenvalue weighted by molar-refractivity contribution is 8.15. The Morgan fingerprint density at radius 1 is 0.791 bits per heavy atom. The maximum Gasteiger partial charge on any atom is 0.385 e. The highest BCUT2D eigenvalue weighted by atomic mass is 32.2. The predicted octanol–water partition coefficient (Wildman–Crippen LogP) is 4.14. The first-order valence-corrected chi connectivity index (χ1v) is 14.6. The number of hydrogen-bond acceptors (Lipinski definition) is 10. The van der Waals surface area contributed by atoms with Gasteiger partial charge in [-0.2, -0.15) is 5.06 Å². The van der Waals surface area contributed by atoms with Crippen LogP contribution in [0.3, 0.4) is 0 Å². The van der Waals surface area contributed by atoms with Crippen LogP contribution >= 0.6 is 11.8 Å². The van der Waals surface area contributed by atoms with Crippen molar-refractivity contribution in [2.45, 2.75) is 56.5 Å². The highest BCUT2D eigenvalue weighted by Crippen LogP contribution is 2.36. The lowest BCUT2D eigenvalue weighted by atomic mass is 9.99. The molecule has 1 heterocycles. The molecule has 1 N–H and O–H groups in total. The maximum atomic E-state index is 12.8. The summed E-state index contributed by atoms with van der Waals surface area (Å²) in [5, 5.41) is 9.22. The van der Waals surface area contributed by atoms with E-state index in [-0.39, 0.29) is 26.4 Å². The van der Waals surface area contributed by atoms with Crippen LogP contribution in [0.25, 0.3) is 0 Å². The largest absolute Gasteiger partial charge is 0.463 e. The van der Waals surface area contributed by atoms with Crippen LogP contribution in [0.5, 0.6) is 0 Å². The SMILES string of the molecule is COC(=O)C(=O)S[C@@H]1[C@@H](OCc2ccccc2)[C@H](OCc2ccccc2)[C@@H](COCc2ccccc2)O[C@@H]1N(O)C(C)=O. The normalized spacial score (nSPS) is 21.6. The zero-order chi connectivity index (χ0) is 30.6. The Labute approximate surface area is 254 Å². The summed E-state index contributed by atoms with van der Waals surface area (Å²) in [7, 11) is 1.10. The topological polar surface area (TPSA) is 121 Å². The summed E-state index contributed by atoms with van der Waals surface area (Å²) in [6, 6.07) is 28.4. The molecule has 0 unspecified atom stereocenters. The number of hydroxylamine groups is 2. The number of methoxy groups -OCH3 is 1. The summed E-state index contributed by atoms with van der Waals surface area (Å²) in [6.07, 6.45) is -3.99.